The van der Waals surface area contributed by atoms with E-state index in [4.69, 9.17) is 0 Å². The van der Waals surface area contributed by atoms with Gasteiger partial charge in [0.05, 0.1) is 0 Å². The minimum atomic E-state index is 0.782. The molecular weight excluding hydrogens is 202 g/mol. The lowest BCUT2D eigenvalue weighted by Crippen LogP contribution is -2.37. The summed E-state index contributed by atoms with van der Waals surface area (Å²) >= 11 is 1.95. The maximum absolute atomic E-state index is 3.53. The molecule has 0 radical (unpaired) electrons. The van der Waals surface area contributed by atoms with Crippen molar-refractivity contribution in [3.05, 3.63) is 21.9 Å². The third kappa shape index (κ3) is 2.26. The highest BCUT2D eigenvalue weighted by Crippen LogP contribution is 2.38. The highest BCUT2D eigenvalue weighted by atomic mass is 32.1. The van der Waals surface area contributed by atoms with Crippen molar-refractivity contribution < 1.29 is 0 Å². The van der Waals surface area contributed by atoms with E-state index in [9.17, 15) is 0 Å². The first-order valence-corrected chi connectivity index (χ1v) is 6.83. The summed E-state index contributed by atoms with van der Waals surface area (Å²) in [7, 11) is 0. The van der Waals surface area contributed by atoms with Crippen LogP contribution in [0.4, 0.5) is 0 Å². The van der Waals surface area contributed by atoms with E-state index >= 15 is 0 Å². The molecule has 0 spiro atoms. The zero-order valence-electron chi connectivity index (χ0n) is 9.92. The van der Waals surface area contributed by atoms with Crippen molar-refractivity contribution >= 4 is 11.3 Å². The Hall–Kier alpha value is -0.340. The number of thiophene rings is 1. The van der Waals surface area contributed by atoms with Gasteiger partial charge in [-0.3, -0.25) is 0 Å². The second kappa shape index (κ2) is 4.67. The van der Waals surface area contributed by atoms with Crippen molar-refractivity contribution in [1.82, 2.24) is 5.32 Å². The molecule has 0 aromatic carbocycles. The summed E-state index contributed by atoms with van der Waals surface area (Å²) in [6, 6.07) is 2.26. The molecule has 1 aliphatic rings. The summed E-state index contributed by atoms with van der Waals surface area (Å²) in [5, 5.41) is 5.77. The molecule has 1 aromatic rings. The SMILES string of the molecule is Cc1ccsc1C1CCNCC1C(C)C. The molecule has 15 heavy (non-hydrogen) atoms. The number of nitrogens with one attached hydrogen (secondary N) is 1. The predicted molar refractivity (Wildman–Crippen MR) is 67.6 cm³/mol. The van der Waals surface area contributed by atoms with Gasteiger partial charge in [-0.1, -0.05) is 13.8 Å². The van der Waals surface area contributed by atoms with Gasteiger partial charge in [0, 0.05) is 4.88 Å². The van der Waals surface area contributed by atoms with E-state index in [-0.39, 0.29) is 0 Å². The molecule has 1 nitrogen and oxygen atoms in total. The molecule has 0 saturated carbocycles. The molecule has 0 bridgehead atoms. The van der Waals surface area contributed by atoms with Crippen molar-refractivity contribution in [3.8, 4) is 0 Å². The molecule has 1 N–H and O–H groups in total. The fourth-order valence-electron chi connectivity index (χ4n) is 2.67. The molecule has 0 aliphatic carbocycles. The van der Waals surface area contributed by atoms with Gasteiger partial charge >= 0.3 is 0 Å². The fourth-order valence-corrected chi connectivity index (χ4v) is 3.81. The molecule has 1 fully saturated rings. The van der Waals surface area contributed by atoms with Crippen LogP contribution in [0, 0.1) is 18.8 Å². The predicted octanol–water partition coefficient (Wildman–Crippen LogP) is 3.41. The van der Waals surface area contributed by atoms with E-state index in [0.717, 1.165) is 17.8 Å². The van der Waals surface area contributed by atoms with Crippen molar-refractivity contribution in [2.24, 2.45) is 11.8 Å². The van der Waals surface area contributed by atoms with Gasteiger partial charge in [-0.15, -0.1) is 11.3 Å². The minimum absolute atomic E-state index is 0.782. The molecule has 84 valence electrons. The first-order valence-electron chi connectivity index (χ1n) is 5.95. The van der Waals surface area contributed by atoms with Gasteiger partial charge in [-0.2, -0.15) is 0 Å². The first-order chi connectivity index (χ1) is 7.20. The van der Waals surface area contributed by atoms with E-state index in [2.05, 4.69) is 37.5 Å². The van der Waals surface area contributed by atoms with Gasteiger partial charge in [0.15, 0.2) is 0 Å². The number of aryl methyl sites for hydroxylation is 1. The van der Waals surface area contributed by atoms with Crippen LogP contribution in [0.5, 0.6) is 0 Å². The summed E-state index contributed by atoms with van der Waals surface area (Å²) in [4.78, 5) is 1.63. The quantitative estimate of drug-likeness (QED) is 0.810. The second-order valence-corrected chi connectivity index (χ2v) is 5.92. The van der Waals surface area contributed by atoms with Crippen LogP contribution >= 0.6 is 11.3 Å². The van der Waals surface area contributed by atoms with E-state index in [1.165, 1.54) is 25.1 Å². The Bertz CT molecular complexity index is 316. The normalized spacial score (nSPS) is 27.2. The molecule has 1 aliphatic heterocycles. The van der Waals surface area contributed by atoms with Gasteiger partial charge in [-0.25, -0.2) is 0 Å². The number of hydrogen-bond donors (Lipinski definition) is 1. The molecule has 2 atom stereocenters. The lowest BCUT2D eigenvalue weighted by atomic mass is 9.78. The van der Waals surface area contributed by atoms with Gasteiger partial charge in [-0.05, 0) is 61.2 Å². The summed E-state index contributed by atoms with van der Waals surface area (Å²) in [5.74, 6) is 2.40. The van der Waals surface area contributed by atoms with Gasteiger partial charge < -0.3 is 5.32 Å². The molecule has 2 heteroatoms. The minimum Gasteiger partial charge on any atom is -0.316 e. The third-order valence-electron chi connectivity index (χ3n) is 3.62. The highest BCUT2D eigenvalue weighted by molar-refractivity contribution is 7.10. The highest BCUT2D eigenvalue weighted by Gasteiger charge is 2.29. The average Bonchev–Trinajstić information content (AvgIpc) is 2.64. The fraction of sp³-hybridized carbons (Fsp3) is 0.692. The van der Waals surface area contributed by atoms with Crippen molar-refractivity contribution in [3.63, 3.8) is 0 Å². The van der Waals surface area contributed by atoms with Crippen LogP contribution in [0.15, 0.2) is 11.4 Å². The van der Waals surface area contributed by atoms with Crippen LogP contribution in [0.1, 0.15) is 36.6 Å². The summed E-state index contributed by atoms with van der Waals surface area (Å²) in [6.45, 7) is 9.34. The van der Waals surface area contributed by atoms with E-state index in [0.29, 0.717) is 0 Å². The van der Waals surface area contributed by atoms with Gasteiger partial charge in [0.2, 0.25) is 0 Å². The van der Waals surface area contributed by atoms with Gasteiger partial charge in [0.1, 0.15) is 0 Å². The summed E-state index contributed by atoms with van der Waals surface area (Å²) in [6.07, 6.45) is 1.31. The van der Waals surface area contributed by atoms with E-state index in [1.807, 2.05) is 11.3 Å². The molecule has 2 rings (SSSR count). The lowest BCUT2D eigenvalue weighted by Gasteiger charge is -2.34. The number of piperidine rings is 1. The molecular formula is C13H21NS. The molecule has 2 heterocycles. The Labute approximate surface area is 96.9 Å². The van der Waals surface area contributed by atoms with Crippen LogP contribution in [-0.2, 0) is 0 Å². The summed E-state index contributed by atoms with van der Waals surface area (Å²) < 4.78 is 0. The molecule has 0 amide bonds. The Balaban J connectivity index is 2.21. The number of rotatable bonds is 2. The van der Waals surface area contributed by atoms with Crippen molar-refractivity contribution in [2.45, 2.75) is 33.1 Å². The Morgan fingerprint density at radius 2 is 2.27 bits per heavy atom. The van der Waals surface area contributed by atoms with E-state index in [1.54, 1.807) is 4.88 Å². The standard InChI is InChI=1S/C13H21NS/c1-9(2)12-8-14-6-4-11(12)13-10(3)5-7-15-13/h5,7,9,11-12,14H,4,6,8H2,1-3H3. The zero-order chi connectivity index (χ0) is 10.8. The van der Waals surface area contributed by atoms with Crippen LogP contribution in [-0.4, -0.2) is 13.1 Å². The maximum Gasteiger partial charge on any atom is 0.0109 e. The van der Waals surface area contributed by atoms with Crippen LogP contribution in [0.25, 0.3) is 0 Å². The third-order valence-corrected chi connectivity index (χ3v) is 4.77. The first kappa shape index (κ1) is 11.2. The Kier molecular flexibility index (Phi) is 3.47. The van der Waals surface area contributed by atoms with Crippen LogP contribution < -0.4 is 5.32 Å². The molecule has 1 saturated heterocycles. The van der Waals surface area contributed by atoms with Crippen LogP contribution in [0.3, 0.4) is 0 Å². The Morgan fingerprint density at radius 1 is 1.47 bits per heavy atom. The largest absolute Gasteiger partial charge is 0.316 e. The molecule has 2 unspecified atom stereocenters. The maximum atomic E-state index is 3.53. The Morgan fingerprint density at radius 3 is 2.87 bits per heavy atom. The second-order valence-electron chi connectivity index (χ2n) is 4.98. The topological polar surface area (TPSA) is 12.0 Å². The monoisotopic (exact) mass is 223 g/mol. The summed E-state index contributed by atoms with van der Waals surface area (Å²) in [5.41, 5.74) is 1.50. The van der Waals surface area contributed by atoms with Crippen LogP contribution in [0.2, 0.25) is 0 Å². The average molecular weight is 223 g/mol. The van der Waals surface area contributed by atoms with Crippen molar-refractivity contribution in [2.75, 3.05) is 13.1 Å². The smallest absolute Gasteiger partial charge is 0.0109 e. The lowest BCUT2D eigenvalue weighted by molar-refractivity contribution is 0.257. The van der Waals surface area contributed by atoms with Crippen molar-refractivity contribution in [1.29, 1.82) is 0 Å². The zero-order valence-corrected chi connectivity index (χ0v) is 10.7. The molecule has 1 aromatic heterocycles. The van der Waals surface area contributed by atoms with E-state index < -0.39 is 0 Å². The van der Waals surface area contributed by atoms with Gasteiger partial charge in [0.25, 0.3) is 0 Å². The number of hydrogen-bond acceptors (Lipinski definition) is 2.